The quantitative estimate of drug-likeness (QED) is 0.454. The molecule has 4 rings (SSSR count). The highest BCUT2D eigenvalue weighted by Gasteiger charge is 2.13. The Bertz CT molecular complexity index is 1030. The Morgan fingerprint density at radius 2 is 1.45 bits per heavy atom. The van der Waals surface area contributed by atoms with Crippen LogP contribution in [0.5, 0.6) is 5.75 Å². The van der Waals surface area contributed by atoms with E-state index in [4.69, 9.17) is 5.11 Å². The lowest BCUT2D eigenvalue weighted by atomic mass is 10.0. The van der Waals surface area contributed by atoms with Crippen LogP contribution in [-0.4, -0.2) is 26.2 Å². The second kappa shape index (κ2) is 4.39. The van der Waals surface area contributed by atoms with Gasteiger partial charge in [0, 0.05) is 45.3 Å². The molecule has 0 saturated heterocycles. The van der Waals surface area contributed by atoms with E-state index in [1.165, 1.54) is 0 Å². The maximum atomic E-state index is 11.2. The summed E-state index contributed by atoms with van der Waals surface area (Å²) < 4.78 is 0. The molecule has 4 aromatic rings. The van der Waals surface area contributed by atoms with E-state index in [2.05, 4.69) is 9.97 Å². The molecule has 5 heteroatoms. The van der Waals surface area contributed by atoms with Crippen LogP contribution < -0.4 is 0 Å². The molecule has 22 heavy (non-hydrogen) atoms. The number of carboxylic acids is 1. The van der Waals surface area contributed by atoms with Crippen molar-refractivity contribution >= 4 is 27.8 Å². The summed E-state index contributed by atoms with van der Waals surface area (Å²) >= 11 is 0. The molecule has 0 aliphatic carbocycles. The molecule has 2 heterocycles. The first kappa shape index (κ1) is 12.5. The van der Waals surface area contributed by atoms with Crippen molar-refractivity contribution in [3.05, 3.63) is 54.4 Å². The number of hydrogen-bond acceptors (Lipinski definition) is 2. The first-order valence-electron chi connectivity index (χ1n) is 6.78. The molecule has 5 nitrogen and oxygen atoms in total. The molecule has 2 aromatic heterocycles. The molecule has 0 atom stereocenters. The topological polar surface area (TPSA) is 89.1 Å². The average Bonchev–Trinajstić information content (AvgIpc) is 3.09. The van der Waals surface area contributed by atoms with Gasteiger partial charge in [-0.15, -0.1) is 0 Å². The SMILES string of the molecule is O=C(O)c1ccc2[nH]cc(-c3c[nH]c4ccc(O)cc34)c2c1. The number of phenols is 1. The molecule has 0 bridgehead atoms. The molecular formula is C17H12N2O3. The summed E-state index contributed by atoms with van der Waals surface area (Å²) in [6.07, 6.45) is 3.71. The van der Waals surface area contributed by atoms with Crippen LogP contribution in [0, 0.1) is 0 Å². The third-order valence-corrected chi connectivity index (χ3v) is 3.88. The van der Waals surface area contributed by atoms with Gasteiger partial charge in [0.25, 0.3) is 0 Å². The van der Waals surface area contributed by atoms with E-state index < -0.39 is 5.97 Å². The van der Waals surface area contributed by atoms with Crippen LogP contribution >= 0.6 is 0 Å². The van der Waals surface area contributed by atoms with Crippen molar-refractivity contribution in [3.63, 3.8) is 0 Å². The van der Waals surface area contributed by atoms with E-state index in [9.17, 15) is 9.90 Å². The second-order valence-electron chi connectivity index (χ2n) is 5.20. The van der Waals surface area contributed by atoms with Crippen molar-refractivity contribution in [2.75, 3.05) is 0 Å². The van der Waals surface area contributed by atoms with Gasteiger partial charge in [0.05, 0.1) is 5.56 Å². The molecule has 0 unspecified atom stereocenters. The van der Waals surface area contributed by atoms with Crippen molar-refractivity contribution in [2.45, 2.75) is 0 Å². The highest BCUT2D eigenvalue weighted by atomic mass is 16.4. The zero-order chi connectivity index (χ0) is 15.3. The number of aromatic nitrogens is 2. The van der Waals surface area contributed by atoms with E-state index in [0.717, 1.165) is 32.9 Å². The van der Waals surface area contributed by atoms with Crippen molar-refractivity contribution in [3.8, 4) is 16.9 Å². The summed E-state index contributed by atoms with van der Waals surface area (Å²) in [4.78, 5) is 17.5. The Morgan fingerprint density at radius 3 is 2.09 bits per heavy atom. The van der Waals surface area contributed by atoms with Crippen LogP contribution in [-0.2, 0) is 0 Å². The number of fused-ring (bicyclic) bond motifs is 2. The smallest absolute Gasteiger partial charge is 0.335 e. The molecule has 0 spiro atoms. The Labute approximate surface area is 124 Å². The summed E-state index contributed by atoms with van der Waals surface area (Å²) in [7, 11) is 0. The Morgan fingerprint density at radius 1 is 0.864 bits per heavy atom. The number of phenolic OH excluding ortho intramolecular Hbond substituents is 1. The highest BCUT2D eigenvalue weighted by Crippen LogP contribution is 2.35. The maximum absolute atomic E-state index is 11.2. The van der Waals surface area contributed by atoms with E-state index in [1.54, 1.807) is 30.3 Å². The van der Waals surface area contributed by atoms with Crippen molar-refractivity contribution < 1.29 is 15.0 Å². The lowest BCUT2D eigenvalue weighted by Gasteiger charge is -2.00. The minimum Gasteiger partial charge on any atom is -0.508 e. The molecule has 2 aromatic carbocycles. The summed E-state index contributed by atoms with van der Waals surface area (Å²) in [6, 6.07) is 10.1. The molecule has 0 aliphatic heterocycles. The number of hydrogen-bond donors (Lipinski definition) is 4. The minimum atomic E-state index is -0.953. The fourth-order valence-corrected chi connectivity index (χ4v) is 2.81. The predicted octanol–water partition coefficient (Wildman–Crippen LogP) is 3.72. The molecule has 0 fully saturated rings. The lowest BCUT2D eigenvalue weighted by molar-refractivity contribution is 0.0697. The molecule has 108 valence electrons. The number of carboxylic acid groups (broad SMARTS) is 1. The van der Waals surface area contributed by atoms with Gasteiger partial charge in [-0.25, -0.2) is 4.79 Å². The number of H-pyrrole nitrogens is 2. The lowest BCUT2D eigenvalue weighted by Crippen LogP contribution is -1.94. The van der Waals surface area contributed by atoms with Gasteiger partial charge in [-0.3, -0.25) is 0 Å². The summed E-state index contributed by atoms with van der Waals surface area (Å²) in [5, 5.41) is 20.6. The Balaban J connectivity index is 2.01. The summed E-state index contributed by atoms with van der Waals surface area (Å²) in [5.74, 6) is -0.759. The largest absolute Gasteiger partial charge is 0.508 e. The Kier molecular flexibility index (Phi) is 2.50. The number of rotatable bonds is 2. The normalized spacial score (nSPS) is 11.3. The van der Waals surface area contributed by atoms with Gasteiger partial charge in [-0.2, -0.15) is 0 Å². The predicted molar refractivity (Wildman–Crippen MR) is 84.2 cm³/mol. The monoisotopic (exact) mass is 292 g/mol. The van der Waals surface area contributed by atoms with Crippen molar-refractivity contribution in [2.24, 2.45) is 0 Å². The van der Waals surface area contributed by atoms with E-state index in [-0.39, 0.29) is 11.3 Å². The molecule has 0 radical (unpaired) electrons. The van der Waals surface area contributed by atoms with Crippen LogP contribution in [0.15, 0.2) is 48.8 Å². The fraction of sp³-hybridized carbons (Fsp3) is 0. The molecule has 0 saturated carbocycles. The average molecular weight is 292 g/mol. The maximum Gasteiger partial charge on any atom is 0.335 e. The number of aromatic amines is 2. The van der Waals surface area contributed by atoms with Gasteiger partial charge in [0.15, 0.2) is 0 Å². The fourth-order valence-electron chi connectivity index (χ4n) is 2.81. The second-order valence-corrected chi connectivity index (χ2v) is 5.20. The van der Waals surface area contributed by atoms with Gasteiger partial charge in [0.2, 0.25) is 0 Å². The zero-order valence-corrected chi connectivity index (χ0v) is 11.4. The van der Waals surface area contributed by atoms with E-state index >= 15 is 0 Å². The van der Waals surface area contributed by atoms with Gasteiger partial charge in [-0.1, -0.05) is 0 Å². The Hall–Kier alpha value is -3.21. The number of aromatic hydroxyl groups is 1. The number of aromatic carboxylic acids is 1. The third-order valence-electron chi connectivity index (χ3n) is 3.88. The minimum absolute atomic E-state index is 0.194. The number of carbonyl (C=O) groups is 1. The number of nitrogens with one attached hydrogen (secondary N) is 2. The van der Waals surface area contributed by atoms with Gasteiger partial charge in [-0.05, 0) is 36.4 Å². The van der Waals surface area contributed by atoms with Gasteiger partial charge >= 0.3 is 5.97 Å². The van der Waals surface area contributed by atoms with Crippen LogP contribution in [0.25, 0.3) is 32.9 Å². The van der Waals surface area contributed by atoms with Crippen molar-refractivity contribution in [1.82, 2.24) is 9.97 Å². The van der Waals surface area contributed by atoms with Crippen LogP contribution in [0.3, 0.4) is 0 Å². The standard InChI is InChI=1S/C17H12N2O3/c20-10-2-4-16-12(6-10)14(8-19-16)13-7-18-15-3-1-9(17(21)22)5-11(13)15/h1-8,18-20H,(H,21,22). The van der Waals surface area contributed by atoms with E-state index in [0.29, 0.717) is 0 Å². The van der Waals surface area contributed by atoms with E-state index in [1.807, 2.05) is 18.5 Å². The zero-order valence-electron chi connectivity index (χ0n) is 11.4. The molecular weight excluding hydrogens is 280 g/mol. The van der Waals surface area contributed by atoms with Crippen LogP contribution in [0.1, 0.15) is 10.4 Å². The van der Waals surface area contributed by atoms with Gasteiger partial charge in [0.1, 0.15) is 5.75 Å². The molecule has 4 N–H and O–H groups in total. The highest BCUT2D eigenvalue weighted by molar-refractivity contribution is 6.06. The summed E-state index contributed by atoms with van der Waals surface area (Å²) in [6.45, 7) is 0. The molecule has 0 amide bonds. The number of benzene rings is 2. The molecule has 0 aliphatic rings. The first-order chi connectivity index (χ1) is 10.6. The van der Waals surface area contributed by atoms with Crippen LogP contribution in [0.4, 0.5) is 0 Å². The van der Waals surface area contributed by atoms with Gasteiger partial charge < -0.3 is 20.2 Å². The van der Waals surface area contributed by atoms with Crippen LogP contribution in [0.2, 0.25) is 0 Å². The first-order valence-corrected chi connectivity index (χ1v) is 6.78. The van der Waals surface area contributed by atoms with Crippen molar-refractivity contribution in [1.29, 1.82) is 0 Å². The summed E-state index contributed by atoms with van der Waals surface area (Å²) in [5.41, 5.74) is 3.84. The third kappa shape index (κ3) is 1.76.